The van der Waals surface area contributed by atoms with E-state index in [1.165, 1.54) is 0 Å². The monoisotopic (exact) mass is 252 g/mol. The maximum Gasteiger partial charge on any atom is 0.393 e. The quantitative estimate of drug-likeness (QED) is 0.903. The minimum Gasteiger partial charge on any atom is -0.474 e. The van der Waals surface area contributed by atoms with E-state index in [-0.39, 0.29) is 5.89 Å². The van der Waals surface area contributed by atoms with Gasteiger partial charge in [0.2, 0.25) is 5.89 Å². The summed E-state index contributed by atoms with van der Waals surface area (Å²) in [6.07, 6.45) is 1.19. The fraction of sp³-hybridized carbons (Fsp3) is 0.182. The normalized spacial score (nSPS) is 10.4. The summed E-state index contributed by atoms with van der Waals surface area (Å²) in [6.45, 7) is 0. The number of benzene rings is 1. The number of aromatic carboxylic acids is 1. The number of halogens is 1. The van der Waals surface area contributed by atoms with Crippen LogP contribution < -0.4 is 0 Å². The third-order valence-electron chi connectivity index (χ3n) is 2.19. The van der Waals surface area contributed by atoms with Gasteiger partial charge in [0, 0.05) is 11.4 Å². The number of hydrogen-bond acceptors (Lipinski definition) is 4. The van der Waals surface area contributed by atoms with Gasteiger partial charge in [-0.15, -0.1) is 10.2 Å². The smallest absolute Gasteiger partial charge is 0.393 e. The van der Waals surface area contributed by atoms with Crippen LogP contribution in [-0.2, 0) is 12.8 Å². The van der Waals surface area contributed by atoms with Gasteiger partial charge in [-0.05, 0) is 24.1 Å². The number of aryl methyl sites for hydroxylation is 2. The molecule has 0 fully saturated rings. The van der Waals surface area contributed by atoms with Crippen LogP contribution in [0.4, 0.5) is 0 Å². The third kappa shape index (κ3) is 3.04. The first-order valence-electron chi connectivity index (χ1n) is 4.95. The molecule has 88 valence electrons. The summed E-state index contributed by atoms with van der Waals surface area (Å²) in [5.74, 6) is -1.27. The molecule has 0 amide bonds. The second-order valence-corrected chi connectivity index (χ2v) is 3.87. The standard InChI is InChI=1S/C11H9ClN2O3/c12-8-4-1-7(2-5-8)3-6-9-13-14-10(17-9)11(15)16/h1-2,4-5H,3,6H2,(H,15,16). The van der Waals surface area contributed by atoms with E-state index in [0.29, 0.717) is 23.8 Å². The summed E-state index contributed by atoms with van der Waals surface area (Å²) in [7, 11) is 0. The van der Waals surface area contributed by atoms with E-state index < -0.39 is 5.97 Å². The first kappa shape index (κ1) is 11.6. The molecule has 5 nitrogen and oxygen atoms in total. The first-order valence-corrected chi connectivity index (χ1v) is 5.33. The summed E-state index contributed by atoms with van der Waals surface area (Å²) in [4.78, 5) is 10.5. The summed E-state index contributed by atoms with van der Waals surface area (Å²) in [6, 6.07) is 7.40. The highest BCUT2D eigenvalue weighted by atomic mass is 35.5. The van der Waals surface area contributed by atoms with Crippen molar-refractivity contribution in [3.8, 4) is 0 Å². The number of carboxylic acid groups (broad SMARTS) is 1. The Morgan fingerprint density at radius 2 is 1.94 bits per heavy atom. The molecule has 0 aliphatic carbocycles. The van der Waals surface area contributed by atoms with E-state index in [1.807, 2.05) is 12.1 Å². The fourth-order valence-electron chi connectivity index (χ4n) is 1.34. The van der Waals surface area contributed by atoms with Gasteiger partial charge in [0.25, 0.3) is 0 Å². The van der Waals surface area contributed by atoms with Gasteiger partial charge in [0.1, 0.15) is 0 Å². The van der Waals surface area contributed by atoms with Crippen molar-refractivity contribution >= 4 is 17.6 Å². The van der Waals surface area contributed by atoms with Crippen molar-refractivity contribution in [3.63, 3.8) is 0 Å². The lowest BCUT2D eigenvalue weighted by Gasteiger charge is -1.98. The summed E-state index contributed by atoms with van der Waals surface area (Å²) in [5, 5.41) is 16.3. The Bertz CT molecular complexity index is 522. The highest BCUT2D eigenvalue weighted by molar-refractivity contribution is 6.30. The van der Waals surface area contributed by atoms with Crippen molar-refractivity contribution in [3.05, 3.63) is 46.6 Å². The molecular formula is C11H9ClN2O3. The lowest BCUT2D eigenvalue weighted by molar-refractivity contribution is 0.0651. The van der Waals surface area contributed by atoms with Crippen LogP contribution in [0.15, 0.2) is 28.7 Å². The van der Waals surface area contributed by atoms with Gasteiger partial charge < -0.3 is 9.52 Å². The van der Waals surface area contributed by atoms with E-state index in [2.05, 4.69) is 10.2 Å². The molecular weight excluding hydrogens is 244 g/mol. The fourth-order valence-corrected chi connectivity index (χ4v) is 1.47. The van der Waals surface area contributed by atoms with Crippen LogP contribution >= 0.6 is 11.6 Å². The van der Waals surface area contributed by atoms with Gasteiger partial charge in [-0.25, -0.2) is 4.79 Å². The average molecular weight is 253 g/mol. The van der Waals surface area contributed by atoms with Crippen LogP contribution in [0.3, 0.4) is 0 Å². The van der Waals surface area contributed by atoms with Crippen molar-refractivity contribution in [1.29, 1.82) is 0 Å². The van der Waals surface area contributed by atoms with Gasteiger partial charge >= 0.3 is 11.9 Å². The second-order valence-electron chi connectivity index (χ2n) is 3.43. The van der Waals surface area contributed by atoms with Gasteiger partial charge in [0.15, 0.2) is 0 Å². The topological polar surface area (TPSA) is 76.2 Å². The third-order valence-corrected chi connectivity index (χ3v) is 2.44. The summed E-state index contributed by atoms with van der Waals surface area (Å²) < 4.78 is 4.94. The molecule has 1 aromatic carbocycles. The van der Waals surface area contributed by atoms with Crippen molar-refractivity contribution in [2.75, 3.05) is 0 Å². The minimum absolute atomic E-state index is 0.317. The Morgan fingerprint density at radius 1 is 1.24 bits per heavy atom. The molecule has 1 heterocycles. The van der Waals surface area contributed by atoms with Crippen LogP contribution in [0.2, 0.25) is 5.02 Å². The van der Waals surface area contributed by atoms with Crippen LogP contribution in [-0.4, -0.2) is 21.3 Å². The lowest BCUT2D eigenvalue weighted by Crippen LogP contribution is -1.95. The molecule has 17 heavy (non-hydrogen) atoms. The van der Waals surface area contributed by atoms with Crippen LogP contribution in [0.25, 0.3) is 0 Å². The SMILES string of the molecule is O=C(O)c1nnc(CCc2ccc(Cl)cc2)o1. The Labute approximate surface area is 102 Å². The number of hydrogen-bond donors (Lipinski definition) is 1. The largest absolute Gasteiger partial charge is 0.474 e. The maximum absolute atomic E-state index is 10.5. The molecule has 0 spiro atoms. The minimum atomic E-state index is -1.21. The predicted molar refractivity (Wildman–Crippen MR) is 60.1 cm³/mol. The Balaban J connectivity index is 1.97. The van der Waals surface area contributed by atoms with Crippen molar-refractivity contribution < 1.29 is 14.3 Å². The highest BCUT2D eigenvalue weighted by Gasteiger charge is 2.12. The molecule has 2 aromatic rings. The van der Waals surface area contributed by atoms with Crippen LogP contribution in [0.5, 0.6) is 0 Å². The molecule has 6 heteroatoms. The van der Waals surface area contributed by atoms with E-state index in [1.54, 1.807) is 12.1 Å². The molecule has 0 aliphatic rings. The molecule has 0 radical (unpaired) electrons. The zero-order chi connectivity index (χ0) is 12.3. The van der Waals surface area contributed by atoms with E-state index in [0.717, 1.165) is 5.56 Å². The van der Waals surface area contributed by atoms with Crippen molar-refractivity contribution in [2.24, 2.45) is 0 Å². The van der Waals surface area contributed by atoms with Gasteiger partial charge in [-0.2, -0.15) is 0 Å². The predicted octanol–water partition coefficient (Wildman–Crippen LogP) is 2.21. The maximum atomic E-state index is 10.5. The highest BCUT2D eigenvalue weighted by Crippen LogP contribution is 2.11. The molecule has 2 rings (SSSR count). The zero-order valence-corrected chi connectivity index (χ0v) is 9.52. The molecule has 0 aliphatic heterocycles. The molecule has 1 N–H and O–H groups in total. The number of carboxylic acids is 1. The van der Waals surface area contributed by atoms with Crippen molar-refractivity contribution in [2.45, 2.75) is 12.8 Å². The van der Waals surface area contributed by atoms with Crippen molar-refractivity contribution in [1.82, 2.24) is 10.2 Å². The molecule has 0 atom stereocenters. The van der Waals surface area contributed by atoms with Gasteiger partial charge in [-0.1, -0.05) is 23.7 Å². The molecule has 0 unspecified atom stereocenters. The van der Waals surface area contributed by atoms with E-state index in [4.69, 9.17) is 21.1 Å². The number of aromatic nitrogens is 2. The number of rotatable bonds is 4. The zero-order valence-electron chi connectivity index (χ0n) is 8.76. The Kier molecular flexibility index (Phi) is 3.39. The summed E-state index contributed by atoms with van der Waals surface area (Å²) >= 11 is 5.76. The molecule has 1 aromatic heterocycles. The molecule has 0 saturated heterocycles. The van der Waals surface area contributed by atoms with Gasteiger partial charge in [-0.3, -0.25) is 0 Å². The molecule has 0 saturated carbocycles. The summed E-state index contributed by atoms with van der Waals surface area (Å²) in [5.41, 5.74) is 1.07. The number of nitrogens with zero attached hydrogens (tertiary/aromatic N) is 2. The average Bonchev–Trinajstić information content (AvgIpc) is 2.77. The van der Waals surface area contributed by atoms with Gasteiger partial charge in [0.05, 0.1) is 0 Å². The van der Waals surface area contributed by atoms with E-state index >= 15 is 0 Å². The van der Waals surface area contributed by atoms with Crippen LogP contribution in [0, 0.1) is 0 Å². The Hall–Kier alpha value is -1.88. The van der Waals surface area contributed by atoms with E-state index in [9.17, 15) is 4.79 Å². The number of carbonyl (C=O) groups is 1. The Morgan fingerprint density at radius 3 is 2.53 bits per heavy atom. The second kappa shape index (κ2) is 4.97. The lowest BCUT2D eigenvalue weighted by atomic mass is 10.1. The molecule has 0 bridgehead atoms. The first-order chi connectivity index (χ1) is 8.15. The van der Waals surface area contributed by atoms with Crippen LogP contribution in [0.1, 0.15) is 22.1 Å².